The van der Waals surface area contributed by atoms with Crippen LogP contribution in [0.2, 0.25) is 8.67 Å². The second kappa shape index (κ2) is 4.89. The van der Waals surface area contributed by atoms with Crippen LogP contribution in [0.4, 0.5) is 0 Å². The highest BCUT2D eigenvalue weighted by molar-refractivity contribution is 7.20. The van der Waals surface area contributed by atoms with Gasteiger partial charge < -0.3 is 5.32 Å². The monoisotopic (exact) mass is 329 g/mol. The van der Waals surface area contributed by atoms with Gasteiger partial charge in [-0.05, 0) is 61.8 Å². The predicted octanol–water partition coefficient (Wildman–Crippen LogP) is 4.61. The molecule has 0 atom stereocenters. The van der Waals surface area contributed by atoms with Crippen LogP contribution >= 0.6 is 34.5 Å². The highest BCUT2D eigenvalue weighted by Gasteiger charge is 2.48. The summed E-state index contributed by atoms with van der Waals surface area (Å²) in [5, 5.41) is 3.26. The molecule has 0 saturated heterocycles. The summed E-state index contributed by atoms with van der Waals surface area (Å²) in [6, 6.07) is 2.03. The lowest BCUT2D eigenvalue weighted by Gasteiger charge is -2.54. The molecule has 0 spiro atoms. The normalized spacial score (nSPS) is 38.2. The van der Waals surface area contributed by atoms with Crippen LogP contribution in [-0.4, -0.2) is 11.9 Å². The Hall–Kier alpha value is -0.250. The zero-order valence-corrected chi connectivity index (χ0v) is 13.4. The third kappa shape index (κ3) is 2.18. The Labute approximate surface area is 132 Å². The molecule has 2 nitrogen and oxygen atoms in total. The van der Waals surface area contributed by atoms with Crippen LogP contribution < -0.4 is 5.32 Å². The van der Waals surface area contributed by atoms with Crippen molar-refractivity contribution in [1.82, 2.24) is 5.32 Å². The molecule has 0 radical (unpaired) electrons. The first-order valence-corrected chi connectivity index (χ1v) is 8.93. The van der Waals surface area contributed by atoms with Crippen LogP contribution in [0, 0.1) is 23.7 Å². The lowest BCUT2D eigenvalue weighted by molar-refractivity contribution is -0.0119. The van der Waals surface area contributed by atoms with Crippen molar-refractivity contribution >= 4 is 40.4 Å². The Morgan fingerprint density at radius 1 is 1.10 bits per heavy atom. The maximum atomic E-state index is 12.4. The van der Waals surface area contributed by atoms with E-state index >= 15 is 0 Å². The van der Waals surface area contributed by atoms with Gasteiger partial charge in [0, 0.05) is 6.04 Å². The molecular weight excluding hydrogens is 313 g/mol. The largest absolute Gasteiger partial charge is 0.349 e. The molecule has 20 heavy (non-hydrogen) atoms. The van der Waals surface area contributed by atoms with E-state index in [4.69, 9.17) is 23.2 Å². The van der Waals surface area contributed by atoms with Gasteiger partial charge in [0.1, 0.15) is 4.34 Å². The second-order valence-electron chi connectivity index (χ2n) is 6.67. The molecule has 0 unspecified atom stereocenters. The van der Waals surface area contributed by atoms with Gasteiger partial charge in [0.05, 0.1) is 9.90 Å². The van der Waals surface area contributed by atoms with Crippen LogP contribution in [0.25, 0.3) is 0 Å². The molecule has 4 fully saturated rings. The van der Waals surface area contributed by atoms with Crippen molar-refractivity contribution in [2.24, 2.45) is 23.7 Å². The number of amides is 1. The summed E-state index contributed by atoms with van der Waals surface area (Å²) in [6.45, 7) is 0. The highest BCUT2D eigenvalue weighted by Crippen LogP contribution is 2.53. The molecule has 1 aromatic heterocycles. The second-order valence-corrected chi connectivity index (χ2v) is 8.95. The van der Waals surface area contributed by atoms with Gasteiger partial charge in [-0.3, -0.25) is 4.79 Å². The molecule has 1 aromatic rings. The van der Waals surface area contributed by atoms with E-state index in [1.807, 2.05) is 0 Å². The molecule has 5 rings (SSSR count). The first-order valence-electron chi connectivity index (χ1n) is 7.36. The maximum absolute atomic E-state index is 12.4. The predicted molar refractivity (Wildman–Crippen MR) is 82.6 cm³/mol. The summed E-state index contributed by atoms with van der Waals surface area (Å²) >= 11 is 13.3. The molecule has 4 aliphatic rings. The Balaban J connectivity index is 1.52. The van der Waals surface area contributed by atoms with E-state index in [1.165, 1.54) is 43.4 Å². The van der Waals surface area contributed by atoms with Crippen molar-refractivity contribution in [1.29, 1.82) is 0 Å². The van der Waals surface area contributed by atoms with E-state index < -0.39 is 0 Å². The van der Waals surface area contributed by atoms with Crippen molar-refractivity contribution in [2.45, 2.75) is 38.1 Å². The number of carbonyl (C=O) groups is 1. The van der Waals surface area contributed by atoms with Gasteiger partial charge in [0.2, 0.25) is 0 Å². The zero-order valence-electron chi connectivity index (χ0n) is 11.1. The fourth-order valence-electron chi connectivity index (χ4n) is 4.89. The smallest absolute Gasteiger partial charge is 0.253 e. The highest BCUT2D eigenvalue weighted by atomic mass is 35.5. The Bertz CT molecular complexity index is 528. The maximum Gasteiger partial charge on any atom is 0.253 e. The topological polar surface area (TPSA) is 29.1 Å². The Kier molecular flexibility index (Phi) is 3.28. The summed E-state index contributed by atoms with van der Waals surface area (Å²) in [5.74, 6) is 3.16. The van der Waals surface area contributed by atoms with Gasteiger partial charge in [-0.1, -0.05) is 23.2 Å². The number of carbonyl (C=O) groups excluding carboxylic acids is 1. The lowest BCUT2D eigenvalue weighted by Crippen LogP contribution is -2.55. The minimum atomic E-state index is -0.0457. The van der Waals surface area contributed by atoms with Crippen molar-refractivity contribution in [3.8, 4) is 0 Å². The van der Waals surface area contributed by atoms with Gasteiger partial charge in [0.15, 0.2) is 0 Å². The lowest BCUT2D eigenvalue weighted by atomic mass is 9.54. The molecule has 4 bridgehead atoms. The fraction of sp³-hybridized carbons (Fsp3) is 0.667. The number of nitrogens with one attached hydrogen (secondary N) is 1. The SMILES string of the molecule is O=C(NC1C2CC3CC(C2)CC1C3)c1cc(Cl)sc1Cl. The third-order valence-electron chi connectivity index (χ3n) is 5.43. The Morgan fingerprint density at radius 3 is 2.20 bits per heavy atom. The molecule has 1 N–H and O–H groups in total. The van der Waals surface area contributed by atoms with Crippen molar-refractivity contribution in [3.63, 3.8) is 0 Å². The van der Waals surface area contributed by atoms with Gasteiger partial charge >= 0.3 is 0 Å². The van der Waals surface area contributed by atoms with Crippen molar-refractivity contribution in [2.75, 3.05) is 0 Å². The Morgan fingerprint density at radius 2 is 1.70 bits per heavy atom. The molecule has 4 aliphatic carbocycles. The molecule has 1 amide bonds. The van der Waals surface area contributed by atoms with E-state index in [0.29, 0.717) is 32.1 Å². The van der Waals surface area contributed by atoms with Crippen LogP contribution in [0.15, 0.2) is 6.07 Å². The fourth-order valence-corrected chi connectivity index (χ4v) is 6.34. The summed E-state index contributed by atoms with van der Waals surface area (Å²) in [5.41, 5.74) is 0.537. The quantitative estimate of drug-likeness (QED) is 0.843. The average Bonchev–Trinajstić information content (AvgIpc) is 2.72. The molecule has 5 heteroatoms. The van der Waals surface area contributed by atoms with E-state index in [0.717, 1.165) is 11.8 Å². The number of halogens is 2. The van der Waals surface area contributed by atoms with Crippen molar-refractivity contribution < 1.29 is 4.79 Å². The van der Waals surface area contributed by atoms with E-state index in [-0.39, 0.29) is 5.91 Å². The van der Waals surface area contributed by atoms with E-state index in [9.17, 15) is 4.79 Å². The van der Waals surface area contributed by atoms with Crippen molar-refractivity contribution in [3.05, 3.63) is 20.3 Å². The third-order valence-corrected chi connectivity index (χ3v) is 6.91. The van der Waals surface area contributed by atoms with Gasteiger partial charge in [-0.15, -0.1) is 11.3 Å². The summed E-state index contributed by atoms with van der Waals surface area (Å²) in [6.07, 6.45) is 6.64. The molecule has 4 saturated carbocycles. The average molecular weight is 330 g/mol. The molecule has 1 heterocycles. The summed E-state index contributed by atoms with van der Waals surface area (Å²) in [7, 11) is 0. The van der Waals surface area contributed by atoms with Gasteiger partial charge in [-0.2, -0.15) is 0 Å². The zero-order chi connectivity index (χ0) is 13.9. The first-order chi connectivity index (χ1) is 9.60. The number of thiophene rings is 1. The van der Waals surface area contributed by atoms with Crippen LogP contribution in [-0.2, 0) is 0 Å². The standard InChI is InChI=1S/C15H17Cl2NOS/c16-12-6-11(14(17)20-12)15(19)18-13-9-2-7-1-8(4-9)5-10(13)3-7/h6-10,13H,1-5H2,(H,18,19). The molecule has 0 aromatic carbocycles. The number of hydrogen-bond donors (Lipinski definition) is 1. The van der Waals surface area contributed by atoms with Crippen LogP contribution in [0.3, 0.4) is 0 Å². The molecule has 108 valence electrons. The number of rotatable bonds is 2. The van der Waals surface area contributed by atoms with Gasteiger partial charge in [0.25, 0.3) is 5.91 Å². The van der Waals surface area contributed by atoms with E-state index in [2.05, 4.69) is 5.32 Å². The minimum absolute atomic E-state index is 0.0457. The first kappa shape index (κ1) is 13.4. The number of hydrogen-bond acceptors (Lipinski definition) is 2. The summed E-state index contributed by atoms with van der Waals surface area (Å²) < 4.78 is 1.07. The van der Waals surface area contributed by atoms with Crippen LogP contribution in [0.1, 0.15) is 42.5 Å². The van der Waals surface area contributed by atoms with Gasteiger partial charge in [-0.25, -0.2) is 0 Å². The van der Waals surface area contributed by atoms with Crippen LogP contribution in [0.5, 0.6) is 0 Å². The molecule has 0 aliphatic heterocycles. The summed E-state index contributed by atoms with van der Waals surface area (Å²) in [4.78, 5) is 12.4. The molecular formula is C15H17Cl2NOS. The minimum Gasteiger partial charge on any atom is -0.349 e. The van der Waals surface area contributed by atoms with E-state index in [1.54, 1.807) is 6.07 Å².